The molecule has 1 fully saturated rings. The Bertz CT molecular complexity index is 748. The predicted molar refractivity (Wildman–Crippen MR) is 103 cm³/mol. The second-order valence-corrected chi connectivity index (χ2v) is 8.31. The molecule has 0 radical (unpaired) electrons. The van der Waals surface area contributed by atoms with Gasteiger partial charge in [-0.1, -0.05) is 29.8 Å². The van der Waals surface area contributed by atoms with Crippen molar-refractivity contribution in [2.45, 2.75) is 4.58 Å². The fourth-order valence-electron chi connectivity index (χ4n) is 2.32. The summed E-state index contributed by atoms with van der Waals surface area (Å²) in [4.78, 5) is 12.1. The van der Waals surface area contributed by atoms with E-state index < -0.39 is 5.97 Å². The lowest BCUT2D eigenvalue weighted by Gasteiger charge is -2.14. The average molecular weight is 397 g/mol. The van der Waals surface area contributed by atoms with Gasteiger partial charge in [0.05, 0.1) is 16.7 Å². The topological polar surface area (TPSA) is 44.8 Å². The monoisotopic (exact) mass is 396 g/mol. The smallest absolute Gasteiger partial charge is 0.349 e. The molecule has 0 bridgehead atoms. The van der Waals surface area contributed by atoms with Gasteiger partial charge in [-0.25, -0.2) is 4.79 Å². The molecule has 0 amide bonds. The first kappa shape index (κ1) is 18.3. The van der Waals surface area contributed by atoms with Crippen LogP contribution in [0.1, 0.15) is 10.1 Å². The number of halogens is 1. The molecule has 25 heavy (non-hydrogen) atoms. The first-order chi connectivity index (χ1) is 12.2. The first-order valence-corrected chi connectivity index (χ1v) is 10.1. The maximum Gasteiger partial charge on any atom is 0.349 e. The van der Waals surface area contributed by atoms with Gasteiger partial charge in [0.2, 0.25) is 0 Å². The van der Waals surface area contributed by atoms with Gasteiger partial charge in [0.15, 0.2) is 18.1 Å². The predicted octanol–water partition coefficient (Wildman–Crippen LogP) is 4.81. The second-order valence-electron chi connectivity index (χ2n) is 5.18. The molecule has 1 saturated heterocycles. The molecule has 2 aromatic rings. The molecule has 0 atom stereocenters. The highest BCUT2D eigenvalue weighted by Gasteiger charge is 2.20. The number of methoxy groups -OCH3 is 1. The maximum absolute atomic E-state index is 12.1. The molecular formula is C18H17ClO4S2. The number of hydrogen-bond donors (Lipinski definition) is 0. The summed E-state index contributed by atoms with van der Waals surface area (Å²) in [7, 11) is 1.56. The minimum absolute atomic E-state index is 0.233. The molecule has 1 heterocycles. The van der Waals surface area contributed by atoms with E-state index in [-0.39, 0.29) is 6.61 Å². The van der Waals surface area contributed by atoms with Crippen LogP contribution >= 0.6 is 35.1 Å². The average Bonchev–Trinajstić information content (AvgIpc) is 3.16. The number of ether oxygens (including phenoxy) is 3. The summed E-state index contributed by atoms with van der Waals surface area (Å²) < 4.78 is 16.5. The zero-order valence-electron chi connectivity index (χ0n) is 13.6. The Labute approximate surface area is 160 Å². The molecule has 0 saturated carbocycles. The Balaban J connectivity index is 1.63. The molecule has 0 spiro atoms. The van der Waals surface area contributed by atoms with E-state index in [1.165, 1.54) is 0 Å². The van der Waals surface area contributed by atoms with E-state index in [1.807, 2.05) is 35.7 Å². The summed E-state index contributed by atoms with van der Waals surface area (Å²) in [5.74, 6) is 3.14. The fraction of sp³-hybridized carbons (Fsp3) is 0.278. The fourth-order valence-corrected chi connectivity index (χ4v) is 5.35. The lowest BCUT2D eigenvalue weighted by Crippen LogP contribution is -2.18. The summed E-state index contributed by atoms with van der Waals surface area (Å²) in [6, 6.07) is 12.6. The lowest BCUT2D eigenvalue weighted by atomic mass is 10.2. The van der Waals surface area contributed by atoms with Crippen LogP contribution in [0.4, 0.5) is 0 Å². The molecule has 0 aliphatic carbocycles. The Kier molecular flexibility index (Phi) is 6.39. The van der Waals surface area contributed by atoms with E-state index in [4.69, 9.17) is 25.8 Å². The maximum atomic E-state index is 12.1. The summed E-state index contributed by atoms with van der Waals surface area (Å²) >= 11 is 9.81. The Morgan fingerprint density at radius 3 is 2.60 bits per heavy atom. The number of carbonyl (C=O) groups is 1. The van der Waals surface area contributed by atoms with E-state index in [9.17, 15) is 4.79 Å². The van der Waals surface area contributed by atoms with Crippen molar-refractivity contribution in [1.29, 1.82) is 0 Å². The van der Waals surface area contributed by atoms with Gasteiger partial charge in [-0.05, 0) is 29.8 Å². The molecule has 0 aromatic heterocycles. The molecule has 7 heteroatoms. The Hall–Kier alpha value is -1.50. The van der Waals surface area contributed by atoms with Crippen molar-refractivity contribution in [3.8, 4) is 17.2 Å². The Morgan fingerprint density at radius 1 is 1.12 bits per heavy atom. The van der Waals surface area contributed by atoms with Crippen LogP contribution in [0.3, 0.4) is 0 Å². The first-order valence-electron chi connectivity index (χ1n) is 7.66. The van der Waals surface area contributed by atoms with E-state index in [1.54, 1.807) is 37.4 Å². The van der Waals surface area contributed by atoms with Gasteiger partial charge in [0, 0.05) is 11.5 Å². The number of benzene rings is 2. The number of thioether (sulfide) groups is 2. The standard InChI is InChI=1S/C18H17ClO4S2/c1-21-16-10-12(18-24-8-9-25-18)6-7-15(16)23-17(20)11-22-14-5-3-2-4-13(14)19/h2-7,10,18H,8-9,11H2,1H3. The van der Waals surface area contributed by atoms with Crippen LogP contribution in [0.25, 0.3) is 0 Å². The van der Waals surface area contributed by atoms with E-state index in [0.717, 1.165) is 17.1 Å². The number of para-hydroxylation sites is 1. The molecule has 3 rings (SSSR count). The molecule has 2 aromatic carbocycles. The van der Waals surface area contributed by atoms with Crippen molar-refractivity contribution < 1.29 is 19.0 Å². The minimum Gasteiger partial charge on any atom is -0.493 e. The van der Waals surface area contributed by atoms with Gasteiger partial charge >= 0.3 is 5.97 Å². The van der Waals surface area contributed by atoms with Gasteiger partial charge in [0.1, 0.15) is 5.75 Å². The van der Waals surface area contributed by atoms with Gasteiger partial charge in [-0.3, -0.25) is 0 Å². The lowest BCUT2D eigenvalue weighted by molar-refractivity contribution is -0.136. The highest BCUT2D eigenvalue weighted by atomic mass is 35.5. The van der Waals surface area contributed by atoms with Gasteiger partial charge in [-0.15, -0.1) is 23.5 Å². The largest absolute Gasteiger partial charge is 0.493 e. The quantitative estimate of drug-likeness (QED) is 0.515. The molecule has 0 N–H and O–H groups in total. The van der Waals surface area contributed by atoms with Crippen LogP contribution in [0.15, 0.2) is 42.5 Å². The molecule has 4 nitrogen and oxygen atoms in total. The second kappa shape index (κ2) is 8.74. The molecule has 132 valence electrons. The van der Waals surface area contributed by atoms with E-state index in [0.29, 0.717) is 26.9 Å². The molecule has 0 unspecified atom stereocenters. The minimum atomic E-state index is -0.518. The van der Waals surface area contributed by atoms with Crippen molar-refractivity contribution in [2.75, 3.05) is 25.2 Å². The third kappa shape index (κ3) is 4.77. The van der Waals surface area contributed by atoms with Crippen LogP contribution in [-0.2, 0) is 4.79 Å². The number of rotatable bonds is 6. The SMILES string of the molecule is COc1cc(C2SCCS2)ccc1OC(=O)COc1ccccc1Cl. The van der Waals surface area contributed by atoms with Crippen LogP contribution in [0.5, 0.6) is 17.2 Å². The molecule has 1 aliphatic rings. The zero-order chi connectivity index (χ0) is 17.6. The Morgan fingerprint density at radius 2 is 1.88 bits per heavy atom. The third-order valence-electron chi connectivity index (χ3n) is 3.49. The zero-order valence-corrected chi connectivity index (χ0v) is 16.0. The van der Waals surface area contributed by atoms with Crippen molar-refractivity contribution in [3.63, 3.8) is 0 Å². The van der Waals surface area contributed by atoms with Crippen LogP contribution in [0, 0.1) is 0 Å². The van der Waals surface area contributed by atoms with Crippen LogP contribution in [0.2, 0.25) is 5.02 Å². The highest BCUT2D eigenvalue weighted by molar-refractivity contribution is 8.19. The van der Waals surface area contributed by atoms with E-state index >= 15 is 0 Å². The summed E-state index contributed by atoms with van der Waals surface area (Å²) in [6.07, 6.45) is 0. The van der Waals surface area contributed by atoms with Gasteiger partial charge < -0.3 is 14.2 Å². The van der Waals surface area contributed by atoms with Crippen molar-refractivity contribution in [3.05, 3.63) is 53.1 Å². The molecular weight excluding hydrogens is 380 g/mol. The summed E-state index contributed by atoms with van der Waals surface area (Å²) in [5, 5.41) is 0.448. The van der Waals surface area contributed by atoms with Crippen LogP contribution in [-0.4, -0.2) is 31.2 Å². The van der Waals surface area contributed by atoms with Gasteiger partial charge in [-0.2, -0.15) is 0 Å². The van der Waals surface area contributed by atoms with Crippen molar-refractivity contribution in [1.82, 2.24) is 0 Å². The van der Waals surface area contributed by atoms with Gasteiger partial charge in [0.25, 0.3) is 0 Å². The normalized spacial score (nSPS) is 14.3. The van der Waals surface area contributed by atoms with Crippen molar-refractivity contribution in [2.24, 2.45) is 0 Å². The number of esters is 1. The third-order valence-corrected chi connectivity index (χ3v) is 6.90. The van der Waals surface area contributed by atoms with Crippen LogP contribution < -0.4 is 14.2 Å². The number of hydrogen-bond acceptors (Lipinski definition) is 6. The van der Waals surface area contributed by atoms with E-state index in [2.05, 4.69) is 0 Å². The molecule has 1 aliphatic heterocycles. The van der Waals surface area contributed by atoms with Crippen molar-refractivity contribution >= 4 is 41.1 Å². The summed E-state index contributed by atoms with van der Waals surface area (Å²) in [5.41, 5.74) is 1.16. The number of carbonyl (C=O) groups excluding carboxylic acids is 1. The summed E-state index contributed by atoms with van der Waals surface area (Å²) in [6.45, 7) is -0.233. The highest BCUT2D eigenvalue weighted by Crippen LogP contribution is 2.46.